The van der Waals surface area contributed by atoms with E-state index in [1.54, 1.807) is 24.3 Å². The summed E-state index contributed by atoms with van der Waals surface area (Å²) in [4.78, 5) is 38.3. The molecule has 5 aliphatic rings. The molecule has 3 fully saturated rings. The number of carbonyl (C=O) groups is 3. The summed E-state index contributed by atoms with van der Waals surface area (Å²) >= 11 is 0. The van der Waals surface area contributed by atoms with Crippen molar-refractivity contribution in [3.63, 3.8) is 0 Å². The first kappa shape index (κ1) is 14.7. The Balaban J connectivity index is 1.42. The quantitative estimate of drug-likeness (QED) is 0.668. The van der Waals surface area contributed by atoms with Crippen molar-refractivity contribution in [1.82, 2.24) is 10.4 Å². The highest BCUT2D eigenvalue weighted by Gasteiger charge is 2.67. The molecule has 3 amide bonds. The summed E-state index contributed by atoms with van der Waals surface area (Å²) in [5, 5.41) is 0.946. The van der Waals surface area contributed by atoms with Crippen LogP contribution in [-0.2, 0) is 9.59 Å². The van der Waals surface area contributed by atoms with Gasteiger partial charge in [-0.3, -0.25) is 19.8 Å². The van der Waals surface area contributed by atoms with E-state index in [1.165, 1.54) is 7.11 Å². The molecular formula is C19H18N2O4. The third kappa shape index (κ3) is 1.88. The molecule has 6 rings (SSSR count). The van der Waals surface area contributed by atoms with Gasteiger partial charge < -0.3 is 4.74 Å². The maximum Gasteiger partial charge on any atom is 0.274 e. The van der Waals surface area contributed by atoms with Gasteiger partial charge in [0.15, 0.2) is 0 Å². The number of ether oxygens (including phenoxy) is 1. The molecule has 0 spiro atoms. The van der Waals surface area contributed by atoms with E-state index in [1.807, 2.05) is 0 Å². The minimum absolute atomic E-state index is 0.143. The Kier molecular flexibility index (Phi) is 2.90. The molecule has 2 saturated carbocycles. The van der Waals surface area contributed by atoms with Crippen LogP contribution in [-0.4, -0.2) is 29.8 Å². The highest BCUT2D eigenvalue weighted by atomic mass is 16.5. The molecule has 1 N–H and O–H groups in total. The summed E-state index contributed by atoms with van der Waals surface area (Å²) < 4.78 is 5.18. The van der Waals surface area contributed by atoms with Gasteiger partial charge in [-0.05, 0) is 42.2 Å². The van der Waals surface area contributed by atoms with E-state index >= 15 is 0 Å². The highest BCUT2D eigenvalue weighted by Crippen LogP contribution is 2.65. The van der Waals surface area contributed by atoms with Crippen molar-refractivity contribution in [2.45, 2.75) is 6.42 Å². The number of para-hydroxylation sites is 1. The molecule has 1 aromatic carbocycles. The number of allylic oxidation sites excluding steroid dienone is 2. The number of hydrogen-bond acceptors (Lipinski definition) is 4. The molecule has 0 radical (unpaired) electrons. The molecule has 6 heteroatoms. The Labute approximate surface area is 144 Å². The Morgan fingerprint density at radius 1 is 1.08 bits per heavy atom. The van der Waals surface area contributed by atoms with Crippen LogP contribution in [0.25, 0.3) is 0 Å². The van der Waals surface area contributed by atoms with E-state index in [0.717, 1.165) is 11.4 Å². The number of hydrogen-bond donors (Lipinski definition) is 1. The van der Waals surface area contributed by atoms with Gasteiger partial charge in [-0.15, -0.1) is 0 Å². The van der Waals surface area contributed by atoms with Gasteiger partial charge in [-0.25, -0.2) is 0 Å². The smallest absolute Gasteiger partial charge is 0.274 e. The lowest BCUT2D eigenvalue weighted by atomic mass is 9.63. The Morgan fingerprint density at radius 3 is 2.28 bits per heavy atom. The fourth-order valence-corrected chi connectivity index (χ4v) is 5.06. The normalized spacial score (nSPS) is 36.9. The summed E-state index contributed by atoms with van der Waals surface area (Å²) in [6.45, 7) is 0. The molecule has 6 nitrogen and oxygen atoms in total. The maximum absolute atomic E-state index is 12.9. The second-order valence-electron chi connectivity index (χ2n) is 7.31. The van der Waals surface area contributed by atoms with Crippen LogP contribution < -0.4 is 10.2 Å². The van der Waals surface area contributed by atoms with Crippen LogP contribution in [0.5, 0.6) is 5.75 Å². The van der Waals surface area contributed by atoms with Crippen molar-refractivity contribution in [3.8, 4) is 5.75 Å². The topological polar surface area (TPSA) is 75.7 Å². The molecule has 0 unspecified atom stereocenters. The van der Waals surface area contributed by atoms with Crippen LogP contribution >= 0.6 is 0 Å². The first-order chi connectivity index (χ1) is 12.1. The van der Waals surface area contributed by atoms with E-state index in [-0.39, 0.29) is 35.5 Å². The number of amides is 3. The second kappa shape index (κ2) is 4.94. The van der Waals surface area contributed by atoms with Crippen LogP contribution in [0.15, 0.2) is 36.4 Å². The molecule has 0 aromatic heterocycles. The Bertz CT molecular complexity index is 796. The zero-order valence-corrected chi connectivity index (χ0v) is 13.7. The predicted octanol–water partition coefficient (Wildman–Crippen LogP) is 1.39. The van der Waals surface area contributed by atoms with Crippen molar-refractivity contribution in [2.24, 2.45) is 35.5 Å². The summed E-state index contributed by atoms with van der Waals surface area (Å²) in [5.74, 6) is 0.0760. The monoisotopic (exact) mass is 338 g/mol. The van der Waals surface area contributed by atoms with Gasteiger partial charge in [-0.1, -0.05) is 24.3 Å². The minimum Gasteiger partial charge on any atom is -0.496 e. The van der Waals surface area contributed by atoms with Crippen LogP contribution in [0.2, 0.25) is 0 Å². The van der Waals surface area contributed by atoms with Crippen LogP contribution in [0.4, 0.5) is 0 Å². The molecular weight excluding hydrogens is 320 g/mol. The van der Waals surface area contributed by atoms with Gasteiger partial charge in [0.2, 0.25) is 0 Å². The van der Waals surface area contributed by atoms with E-state index in [0.29, 0.717) is 23.1 Å². The number of methoxy groups -OCH3 is 1. The van der Waals surface area contributed by atoms with E-state index < -0.39 is 5.91 Å². The molecule has 4 aliphatic carbocycles. The van der Waals surface area contributed by atoms with Crippen molar-refractivity contribution >= 4 is 17.7 Å². The van der Waals surface area contributed by atoms with Gasteiger partial charge in [0.25, 0.3) is 17.7 Å². The van der Waals surface area contributed by atoms with E-state index in [9.17, 15) is 14.4 Å². The van der Waals surface area contributed by atoms with Crippen molar-refractivity contribution < 1.29 is 19.1 Å². The first-order valence-corrected chi connectivity index (χ1v) is 8.62. The molecule has 2 bridgehead atoms. The number of hydrazine groups is 1. The van der Waals surface area contributed by atoms with Gasteiger partial charge in [0.1, 0.15) is 5.75 Å². The Morgan fingerprint density at radius 2 is 1.68 bits per heavy atom. The fraction of sp³-hybridized carbons (Fsp3) is 0.421. The summed E-state index contributed by atoms with van der Waals surface area (Å²) in [5.41, 5.74) is 2.81. The third-order valence-corrected chi connectivity index (χ3v) is 6.23. The summed E-state index contributed by atoms with van der Waals surface area (Å²) in [6.07, 6.45) is 5.33. The van der Waals surface area contributed by atoms with Crippen LogP contribution in [0, 0.1) is 35.5 Å². The maximum atomic E-state index is 12.9. The van der Waals surface area contributed by atoms with Gasteiger partial charge in [0.05, 0.1) is 24.5 Å². The minimum atomic E-state index is -0.511. The average molecular weight is 338 g/mol. The van der Waals surface area contributed by atoms with E-state index in [2.05, 4.69) is 17.6 Å². The lowest BCUT2D eigenvalue weighted by Gasteiger charge is -2.37. The summed E-state index contributed by atoms with van der Waals surface area (Å²) in [7, 11) is 1.47. The number of imide groups is 1. The lowest BCUT2D eigenvalue weighted by Crippen LogP contribution is -2.47. The summed E-state index contributed by atoms with van der Waals surface area (Å²) in [6, 6.07) is 6.74. The number of rotatable bonds is 3. The van der Waals surface area contributed by atoms with Gasteiger partial charge in [-0.2, -0.15) is 5.01 Å². The number of nitrogens with zero attached hydrogens (tertiary/aromatic N) is 1. The standard InChI is InChI=1S/C19H18N2O4/c1-25-14-5-3-2-4-11(14)17(22)20-21-18(23)15-9-6-7-10(13-8-12(9)13)16(15)19(21)24/h2-7,9-10,12-13,15-16H,8H2,1H3,(H,20,22)/t9-,10-,12-,13-,15+,16+/m1/s1. The number of carbonyl (C=O) groups excluding carboxylic acids is 3. The Hall–Kier alpha value is -2.63. The second-order valence-corrected chi connectivity index (χ2v) is 7.31. The molecule has 128 valence electrons. The predicted molar refractivity (Wildman–Crippen MR) is 87.0 cm³/mol. The van der Waals surface area contributed by atoms with Crippen molar-refractivity contribution in [2.75, 3.05) is 7.11 Å². The van der Waals surface area contributed by atoms with Gasteiger partial charge >= 0.3 is 0 Å². The molecule has 25 heavy (non-hydrogen) atoms. The molecule has 1 aliphatic heterocycles. The number of nitrogens with one attached hydrogen (secondary N) is 1. The van der Waals surface area contributed by atoms with Crippen LogP contribution in [0.3, 0.4) is 0 Å². The van der Waals surface area contributed by atoms with Crippen molar-refractivity contribution in [1.29, 1.82) is 0 Å². The first-order valence-electron chi connectivity index (χ1n) is 8.62. The SMILES string of the molecule is COc1ccccc1C(=O)NN1C(=O)[C@H]2[C@@H]3C=C[C@H]([C@H]4C[C@H]34)[C@@H]2C1=O. The number of benzene rings is 1. The lowest BCUT2D eigenvalue weighted by molar-refractivity contribution is -0.143. The highest BCUT2D eigenvalue weighted by molar-refractivity contribution is 6.09. The molecule has 1 saturated heterocycles. The zero-order chi connectivity index (χ0) is 17.3. The van der Waals surface area contributed by atoms with Crippen LogP contribution in [0.1, 0.15) is 16.8 Å². The zero-order valence-electron chi connectivity index (χ0n) is 13.7. The fourth-order valence-electron chi connectivity index (χ4n) is 5.06. The molecule has 6 atom stereocenters. The van der Waals surface area contributed by atoms with Crippen molar-refractivity contribution in [3.05, 3.63) is 42.0 Å². The molecule has 1 aromatic rings. The van der Waals surface area contributed by atoms with Gasteiger partial charge in [0, 0.05) is 0 Å². The largest absolute Gasteiger partial charge is 0.496 e. The third-order valence-electron chi connectivity index (χ3n) is 6.23. The van der Waals surface area contributed by atoms with E-state index in [4.69, 9.17) is 4.74 Å². The average Bonchev–Trinajstić information content (AvgIpc) is 3.42. The molecule has 1 heterocycles.